The van der Waals surface area contributed by atoms with E-state index in [-0.39, 0.29) is 18.3 Å². The molecule has 1 saturated carbocycles. The molecular weight excluding hydrogens is 300 g/mol. The van der Waals surface area contributed by atoms with E-state index in [1.165, 1.54) is 12.8 Å². The van der Waals surface area contributed by atoms with Gasteiger partial charge in [0.25, 0.3) is 0 Å². The van der Waals surface area contributed by atoms with Gasteiger partial charge in [-0.15, -0.1) is 12.4 Å². The number of para-hydroxylation sites is 1. The van der Waals surface area contributed by atoms with Crippen LogP contribution in [0.5, 0.6) is 0 Å². The fourth-order valence-electron chi connectivity index (χ4n) is 3.01. The smallest absolute Gasteiger partial charge is 0.241 e. The Morgan fingerprint density at radius 2 is 1.91 bits per heavy atom. The van der Waals surface area contributed by atoms with Gasteiger partial charge in [0.15, 0.2) is 0 Å². The number of halogens is 1. The SMILES string of the molecule is CC(C1CC1)N(C(=O)CN1CCOCC1)c1ccccc1.Cl. The van der Waals surface area contributed by atoms with Gasteiger partial charge in [-0.1, -0.05) is 18.2 Å². The minimum atomic E-state index is 0. The van der Waals surface area contributed by atoms with Crippen LogP contribution in [0, 0.1) is 5.92 Å². The van der Waals surface area contributed by atoms with Crippen molar-refractivity contribution in [3.05, 3.63) is 30.3 Å². The molecule has 1 aromatic rings. The summed E-state index contributed by atoms with van der Waals surface area (Å²) in [7, 11) is 0. The van der Waals surface area contributed by atoms with E-state index in [1.807, 2.05) is 35.2 Å². The van der Waals surface area contributed by atoms with Gasteiger partial charge in [0.2, 0.25) is 5.91 Å². The predicted octanol–water partition coefficient (Wildman–Crippen LogP) is 2.57. The van der Waals surface area contributed by atoms with Gasteiger partial charge in [-0.25, -0.2) is 0 Å². The summed E-state index contributed by atoms with van der Waals surface area (Å²) in [6.45, 7) is 5.85. The molecule has 1 aromatic carbocycles. The molecule has 5 heteroatoms. The zero-order valence-electron chi connectivity index (χ0n) is 13.1. The summed E-state index contributed by atoms with van der Waals surface area (Å²) < 4.78 is 5.36. The van der Waals surface area contributed by atoms with Crippen LogP contribution in [0.4, 0.5) is 5.69 Å². The lowest BCUT2D eigenvalue weighted by molar-refractivity contribution is -0.121. The van der Waals surface area contributed by atoms with Crippen molar-refractivity contribution in [3.63, 3.8) is 0 Å². The van der Waals surface area contributed by atoms with Gasteiger partial charge in [-0.2, -0.15) is 0 Å². The molecule has 2 aliphatic rings. The molecule has 1 aliphatic heterocycles. The third-order valence-corrected chi connectivity index (χ3v) is 4.48. The Kier molecular flexibility index (Phi) is 6.24. The standard InChI is InChI=1S/C17H24N2O2.ClH/c1-14(15-7-8-15)19(16-5-3-2-4-6-16)17(20)13-18-9-11-21-12-10-18;/h2-6,14-15H,7-13H2,1H3;1H. The van der Waals surface area contributed by atoms with E-state index in [0.29, 0.717) is 18.5 Å². The minimum absolute atomic E-state index is 0. The Bertz CT molecular complexity index is 473. The Balaban J connectivity index is 0.00000176. The van der Waals surface area contributed by atoms with E-state index >= 15 is 0 Å². The molecule has 0 spiro atoms. The summed E-state index contributed by atoms with van der Waals surface area (Å²) in [5.41, 5.74) is 1.02. The van der Waals surface area contributed by atoms with Crippen LogP contribution in [0.3, 0.4) is 0 Å². The van der Waals surface area contributed by atoms with Crippen molar-refractivity contribution in [3.8, 4) is 0 Å². The number of benzene rings is 1. The molecule has 0 radical (unpaired) electrons. The first-order chi connectivity index (χ1) is 10.3. The molecule has 1 heterocycles. The third-order valence-electron chi connectivity index (χ3n) is 4.48. The molecule has 2 fully saturated rings. The van der Waals surface area contributed by atoms with Crippen molar-refractivity contribution in [1.82, 2.24) is 4.90 Å². The molecule has 1 aliphatic carbocycles. The summed E-state index contributed by atoms with van der Waals surface area (Å²) in [5.74, 6) is 0.876. The van der Waals surface area contributed by atoms with Crippen LogP contribution in [-0.2, 0) is 9.53 Å². The molecular formula is C17H25ClN2O2. The second kappa shape index (κ2) is 7.95. The molecule has 22 heavy (non-hydrogen) atoms. The second-order valence-corrected chi connectivity index (χ2v) is 6.07. The first kappa shape index (κ1) is 17.3. The zero-order valence-corrected chi connectivity index (χ0v) is 13.9. The van der Waals surface area contributed by atoms with Crippen molar-refractivity contribution in [2.24, 2.45) is 5.92 Å². The van der Waals surface area contributed by atoms with Crippen LogP contribution < -0.4 is 4.90 Å². The summed E-state index contributed by atoms with van der Waals surface area (Å²) in [4.78, 5) is 17.0. The van der Waals surface area contributed by atoms with E-state index in [4.69, 9.17) is 4.74 Å². The number of hydrogen-bond acceptors (Lipinski definition) is 3. The Morgan fingerprint density at radius 1 is 1.27 bits per heavy atom. The molecule has 0 aromatic heterocycles. The first-order valence-electron chi connectivity index (χ1n) is 7.93. The lowest BCUT2D eigenvalue weighted by atomic mass is 10.1. The Hall–Kier alpha value is -1.10. The maximum absolute atomic E-state index is 12.8. The predicted molar refractivity (Wildman–Crippen MR) is 90.6 cm³/mol. The quantitative estimate of drug-likeness (QED) is 0.834. The highest BCUT2D eigenvalue weighted by Gasteiger charge is 2.35. The largest absolute Gasteiger partial charge is 0.379 e. The van der Waals surface area contributed by atoms with E-state index in [1.54, 1.807) is 0 Å². The number of rotatable bonds is 5. The molecule has 1 amide bonds. The number of morpholine rings is 1. The highest BCUT2D eigenvalue weighted by Crippen LogP contribution is 2.37. The van der Waals surface area contributed by atoms with Crippen molar-refractivity contribution < 1.29 is 9.53 Å². The lowest BCUT2D eigenvalue weighted by Crippen LogP contribution is -2.48. The summed E-state index contributed by atoms with van der Waals surface area (Å²) >= 11 is 0. The number of hydrogen-bond donors (Lipinski definition) is 0. The zero-order chi connectivity index (χ0) is 14.7. The number of ether oxygens (including phenoxy) is 1. The number of anilines is 1. The number of amides is 1. The Morgan fingerprint density at radius 3 is 2.50 bits per heavy atom. The normalized spacial score (nSPS) is 20.0. The van der Waals surface area contributed by atoms with Gasteiger partial charge >= 0.3 is 0 Å². The molecule has 122 valence electrons. The lowest BCUT2D eigenvalue weighted by Gasteiger charge is -2.33. The third kappa shape index (κ3) is 4.22. The van der Waals surface area contributed by atoms with Gasteiger partial charge in [-0.3, -0.25) is 9.69 Å². The minimum Gasteiger partial charge on any atom is -0.379 e. The molecule has 4 nitrogen and oxygen atoms in total. The molecule has 1 unspecified atom stereocenters. The van der Waals surface area contributed by atoms with Crippen molar-refractivity contribution >= 4 is 24.0 Å². The monoisotopic (exact) mass is 324 g/mol. The summed E-state index contributed by atoms with van der Waals surface area (Å²) in [5, 5.41) is 0. The molecule has 0 N–H and O–H groups in total. The van der Waals surface area contributed by atoms with E-state index in [2.05, 4.69) is 11.8 Å². The first-order valence-corrected chi connectivity index (χ1v) is 7.93. The average molecular weight is 325 g/mol. The highest BCUT2D eigenvalue weighted by atomic mass is 35.5. The summed E-state index contributed by atoms with van der Waals surface area (Å²) in [6, 6.07) is 10.4. The number of nitrogens with zero attached hydrogens (tertiary/aromatic N) is 2. The van der Waals surface area contributed by atoms with Crippen LogP contribution in [-0.4, -0.2) is 49.7 Å². The van der Waals surface area contributed by atoms with Crippen LogP contribution >= 0.6 is 12.4 Å². The molecule has 3 rings (SSSR count). The van der Waals surface area contributed by atoms with Gasteiger partial charge < -0.3 is 9.64 Å². The average Bonchev–Trinajstić information content (AvgIpc) is 3.34. The van der Waals surface area contributed by atoms with E-state index in [9.17, 15) is 4.79 Å². The fraction of sp³-hybridized carbons (Fsp3) is 0.588. The summed E-state index contributed by atoms with van der Waals surface area (Å²) in [6.07, 6.45) is 2.49. The maximum Gasteiger partial charge on any atom is 0.241 e. The topological polar surface area (TPSA) is 32.8 Å². The van der Waals surface area contributed by atoms with Crippen molar-refractivity contribution in [2.45, 2.75) is 25.8 Å². The van der Waals surface area contributed by atoms with Crippen LogP contribution in [0.25, 0.3) is 0 Å². The van der Waals surface area contributed by atoms with Crippen molar-refractivity contribution in [2.75, 3.05) is 37.7 Å². The molecule has 1 atom stereocenters. The molecule has 1 saturated heterocycles. The maximum atomic E-state index is 12.8. The molecule has 0 bridgehead atoms. The van der Waals surface area contributed by atoms with E-state index < -0.39 is 0 Å². The number of carbonyl (C=O) groups excluding carboxylic acids is 1. The highest BCUT2D eigenvalue weighted by molar-refractivity contribution is 5.95. The van der Waals surface area contributed by atoms with Crippen LogP contribution in [0.15, 0.2) is 30.3 Å². The van der Waals surface area contributed by atoms with Crippen LogP contribution in [0.2, 0.25) is 0 Å². The van der Waals surface area contributed by atoms with Crippen molar-refractivity contribution in [1.29, 1.82) is 0 Å². The van der Waals surface area contributed by atoms with Gasteiger partial charge in [0, 0.05) is 24.8 Å². The van der Waals surface area contributed by atoms with E-state index in [0.717, 1.165) is 32.0 Å². The second-order valence-electron chi connectivity index (χ2n) is 6.07. The fourth-order valence-corrected chi connectivity index (χ4v) is 3.01. The van der Waals surface area contributed by atoms with Gasteiger partial charge in [0.1, 0.15) is 0 Å². The van der Waals surface area contributed by atoms with Gasteiger partial charge in [-0.05, 0) is 37.8 Å². The Labute approximate surface area is 138 Å². The van der Waals surface area contributed by atoms with Gasteiger partial charge in [0.05, 0.1) is 19.8 Å². The number of carbonyl (C=O) groups is 1. The van der Waals surface area contributed by atoms with Crippen LogP contribution in [0.1, 0.15) is 19.8 Å².